The van der Waals surface area contributed by atoms with Crippen molar-refractivity contribution in [3.05, 3.63) is 24.3 Å². The third-order valence-electron chi connectivity index (χ3n) is 3.56. The Kier molecular flexibility index (Phi) is 10.2. The monoisotopic (exact) mass is 366 g/mol. The molecule has 146 valence electrons. The standard InChI is InChI=1S/C19H30N2O5/c1-5-24-16-7-9-17(10-8-16)26-15-18(22)21(14-13-20(3)4)12-11-19(23)25-6-2/h7-10H,5-6,11-15H2,1-4H3. The summed E-state index contributed by atoms with van der Waals surface area (Å²) in [6.07, 6.45) is 0.177. The SMILES string of the molecule is CCOC(=O)CCN(CCN(C)C)C(=O)COc1ccc(OCC)cc1. The Bertz CT molecular complexity index is 545. The lowest BCUT2D eigenvalue weighted by Crippen LogP contribution is -2.40. The highest BCUT2D eigenvalue weighted by Crippen LogP contribution is 2.17. The lowest BCUT2D eigenvalue weighted by Gasteiger charge is -2.24. The molecule has 0 aliphatic rings. The second-order valence-electron chi connectivity index (χ2n) is 5.93. The summed E-state index contributed by atoms with van der Waals surface area (Å²) in [5.41, 5.74) is 0. The zero-order valence-electron chi connectivity index (χ0n) is 16.2. The number of rotatable bonds is 12. The summed E-state index contributed by atoms with van der Waals surface area (Å²) >= 11 is 0. The first kappa shape index (κ1) is 21.8. The van der Waals surface area contributed by atoms with Crippen LogP contribution < -0.4 is 9.47 Å². The first-order valence-electron chi connectivity index (χ1n) is 8.90. The van der Waals surface area contributed by atoms with Crippen molar-refractivity contribution in [1.82, 2.24) is 9.80 Å². The number of likely N-dealkylation sites (N-methyl/N-ethyl adjacent to an activating group) is 1. The normalized spacial score (nSPS) is 10.5. The molecule has 0 fully saturated rings. The third kappa shape index (κ3) is 8.71. The lowest BCUT2D eigenvalue weighted by molar-refractivity contribution is -0.144. The van der Waals surface area contributed by atoms with Gasteiger partial charge in [-0.05, 0) is 52.2 Å². The van der Waals surface area contributed by atoms with Crippen molar-refractivity contribution in [2.75, 3.05) is 53.6 Å². The molecule has 0 unspecified atom stereocenters. The number of esters is 1. The highest BCUT2D eigenvalue weighted by molar-refractivity contribution is 5.78. The molecule has 1 aromatic rings. The van der Waals surface area contributed by atoms with E-state index >= 15 is 0 Å². The molecular formula is C19H30N2O5. The Hall–Kier alpha value is -2.28. The topological polar surface area (TPSA) is 68.3 Å². The van der Waals surface area contributed by atoms with E-state index in [0.29, 0.717) is 38.6 Å². The number of amides is 1. The second-order valence-corrected chi connectivity index (χ2v) is 5.93. The fourth-order valence-electron chi connectivity index (χ4n) is 2.18. The number of ether oxygens (including phenoxy) is 3. The van der Waals surface area contributed by atoms with Gasteiger partial charge in [-0.15, -0.1) is 0 Å². The van der Waals surface area contributed by atoms with Gasteiger partial charge in [0.2, 0.25) is 0 Å². The van der Waals surface area contributed by atoms with Gasteiger partial charge in [0.25, 0.3) is 5.91 Å². The molecule has 0 saturated heterocycles. The van der Waals surface area contributed by atoms with Gasteiger partial charge in [-0.25, -0.2) is 0 Å². The van der Waals surface area contributed by atoms with E-state index in [2.05, 4.69) is 0 Å². The highest BCUT2D eigenvalue weighted by atomic mass is 16.5. The first-order chi connectivity index (χ1) is 12.5. The molecule has 0 saturated carbocycles. The van der Waals surface area contributed by atoms with Crippen LogP contribution in [0.25, 0.3) is 0 Å². The van der Waals surface area contributed by atoms with Gasteiger partial charge in [-0.1, -0.05) is 0 Å². The molecule has 0 bridgehead atoms. The van der Waals surface area contributed by atoms with Crippen molar-refractivity contribution in [3.63, 3.8) is 0 Å². The Morgan fingerprint density at radius 3 is 2.04 bits per heavy atom. The van der Waals surface area contributed by atoms with E-state index in [1.807, 2.05) is 25.9 Å². The predicted molar refractivity (Wildman–Crippen MR) is 99.5 cm³/mol. The Labute approximate surface area is 155 Å². The van der Waals surface area contributed by atoms with Crippen LogP contribution in [0.5, 0.6) is 11.5 Å². The molecule has 0 aliphatic heterocycles. The first-order valence-corrected chi connectivity index (χ1v) is 8.90. The molecule has 0 heterocycles. The molecule has 0 radical (unpaired) electrons. The summed E-state index contributed by atoms with van der Waals surface area (Å²) in [4.78, 5) is 27.6. The third-order valence-corrected chi connectivity index (χ3v) is 3.56. The molecule has 1 rings (SSSR count). The predicted octanol–water partition coefficient (Wildman–Crippen LogP) is 1.81. The van der Waals surface area contributed by atoms with Crippen LogP contribution >= 0.6 is 0 Å². The minimum Gasteiger partial charge on any atom is -0.494 e. The second kappa shape index (κ2) is 12.1. The smallest absolute Gasteiger partial charge is 0.307 e. The zero-order chi connectivity index (χ0) is 19.4. The van der Waals surface area contributed by atoms with Crippen LogP contribution in [0.3, 0.4) is 0 Å². The van der Waals surface area contributed by atoms with Crippen LogP contribution in [0.1, 0.15) is 20.3 Å². The largest absolute Gasteiger partial charge is 0.494 e. The fraction of sp³-hybridized carbons (Fsp3) is 0.579. The van der Waals surface area contributed by atoms with Gasteiger partial charge >= 0.3 is 5.97 Å². The van der Waals surface area contributed by atoms with Crippen LogP contribution in [0.2, 0.25) is 0 Å². The maximum Gasteiger partial charge on any atom is 0.307 e. The molecule has 0 N–H and O–H groups in total. The summed E-state index contributed by atoms with van der Waals surface area (Å²) < 4.78 is 15.9. The van der Waals surface area contributed by atoms with Gasteiger partial charge in [-0.3, -0.25) is 9.59 Å². The Morgan fingerprint density at radius 1 is 0.885 bits per heavy atom. The summed E-state index contributed by atoms with van der Waals surface area (Å²) in [7, 11) is 3.87. The zero-order valence-corrected chi connectivity index (χ0v) is 16.2. The minimum atomic E-state index is -0.303. The molecule has 0 atom stereocenters. The van der Waals surface area contributed by atoms with Crippen molar-refractivity contribution in [2.24, 2.45) is 0 Å². The van der Waals surface area contributed by atoms with Crippen molar-refractivity contribution in [1.29, 1.82) is 0 Å². The van der Waals surface area contributed by atoms with Crippen molar-refractivity contribution < 1.29 is 23.8 Å². The number of nitrogens with zero attached hydrogens (tertiary/aromatic N) is 2. The van der Waals surface area contributed by atoms with E-state index < -0.39 is 0 Å². The van der Waals surface area contributed by atoms with Gasteiger partial charge in [-0.2, -0.15) is 0 Å². The molecule has 7 nitrogen and oxygen atoms in total. The van der Waals surface area contributed by atoms with Gasteiger partial charge in [0.1, 0.15) is 11.5 Å². The molecule has 0 aromatic heterocycles. The van der Waals surface area contributed by atoms with Crippen molar-refractivity contribution >= 4 is 11.9 Å². The molecule has 0 aliphatic carbocycles. The fourth-order valence-corrected chi connectivity index (χ4v) is 2.18. The van der Waals surface area contributed by atoms with Gasteiger partial charge in [0.05, 0.1) is 19.6 Å². The summed E-state index contributed by atoms with van der Waals surface area (Å²) in [6.45, 7) is 6.09. The van der Waals surface area contributed by atoms with Crippen molar-refractivity contribution in [2.45, 2.75) is 20.3 Å². The maximum absolute atomic E-state index is 12.5. The Morgan fingerprint density at radius 2 is 1.50 bits per heavy atom. The quantitative estimate of drug-likeness (QED) is 0.526. The minimum absolute atomic E-state index is 0.0791. The molecule has 0 spiro atoms. The molecule has 1 amide bonds. The van der Waals surface area contributed by atoms with Crippen LogP contribution in [0, 0.1) is 0 Å². The maximum atomic E-state index is 12.5. The average Bonchev–Trinajstić information content (AvgIpc) is 2.61. The molecular weight excluding hydrogens is 336 g/mol. The Balaban J connectivity index is 2.55. The van der Waals surface area contributed by atoms with E-state index in [9.17, 15) is 9.59 Å². The van der Waals surface area contributed by atoms with Crippen LogP contribution in [-0.2, 0) is 14.3 Å². The van der Waals surface area contributed by atoms with E-state index in [-0.39, 0.29) is 24.9 Å². The molecule has 26 heavy (non-hydrogen) atoms. The number of hydrogen-bond acceptors (Lipinski definition) is 6. The van der Waals surface area contributed by atoms with Crippen molar-refractivity contribution in [3.8, 4) is 11.5 Å². The van der Waals surface area contributed by atoms with Crippen LogP contribution in [-0.4, -0.2) is 75.2 Å². The number of carbonyl (C=O) groups excluding carboxylic acids is 2. The van der Waals surface area contributed by atoms with E-state index in [0.717, 1.165) is 5.75 Å². The number of hydrogen-bond donors (Lipinski definition) is 0. The molecule has 7 heteroatoms. The van der Waals surface area contributed by atoms with Crippen LogP contribution in [0.4, 0.5) is 0 Å². The van der Waals surface area contributed by atoms with E-state index in [4.69, 9.17) is 14.2 Å². The van der Waals surface area contributed by atoms with Gasteiger partial charge in [0, 0.05) is 19.6 Å². The van der Waals surface area contributed by atoms with E-state index in [1.54, 1.807) is 36.1 Å². The average molecular weight is 366 g/mol. The van der Waals surface area contributed by atoms with E-state index in [1.165, 1.54) is 0 Å². The number of benzene rings is 1. The summed E-state index contributed by atoms with van der Waals surface area (Å²) in [5.74, 6) is 0.889. The summed E-state index contributed by atoms with van der Waals surface area (Å²) in [6, 6.07) is 7.13. The molecule has 1 aromatic carbocycles. The lowest BCUT2D eigenvalue weighted by atomic mass is 10.3. The number of carbonyl (C=O) groups is 2. The highest BCUT2D eigenvalue weighted by Gasteiger charge is 2.16. The van der Waals surface area contributed by atoms with Gasteiger partial charge in [0.15, 0.2) is 6.61 Å². The van der Waals surface area contributed by atoms with Gasteiger partial charge < -0.3 is 24.0 Å². The van der Waals surface area contributed by atoms with Crippen LogP contribution in [0.15, 0.2) is 24.3 Å². The summed E-state index contributed by atoms with van der Waals surface area (Å²) in [5, 5.41) is 0.